The fourth-order valence-corrected chi connectivity index (χ4v) is 18.0. The van der Waals surface area contributed by atoms with Gasteiger partial charge in [0.15, 0.2) is 40.1 Å². The number of aryl methyl sites for hydroxylation is 1. The van der Waals surface area contributed by atoms with Gasteiger partial charge in [0.2, 0.25) is 57.8 Å². The maximum absolute atomic E-state index is 13.9. The third-order valence-electron chi connectivity index (χ3n) is 23.2. The summed E-state index contributed by atoms with van der Waals surface area (Å²) in [5.74, 6) is -2.24. The first-order chi connectivity index (χ1) is 69.5. The Hall–Kier alpha value is -13.9. The molecular weight excluding hydrogens is 2090 g/mol. The predicted molar refractivity (Wildman–Crippen MR) is 564 cm³/mol. The predicted octanol–water partition coefficient (Wildman–Crippen LogP) is 33.1. The molecule has 0 saturated carbocycles. The van der Waals surface area contributed by atoms with Gasteiger partial charge in [-0.25, -0.2) is 40.4 Å². The third-order valence-corrected chi connectivity index (χ3v) is 26.3. The second-order valence-corrected chi connectivity index (χ2v) is 36.9. The Bertz CT molecular complexity index is 7020. The highest BCUT2D eigenvalue weighted by molar-refractivity contribution is 9.10. The van der Waals surface area contributed by atoms with Crippen molar-refractivity contribution in [3.05, 3.63) is 440 Å². The average Bonchev–Trinajstić information content (AvgIpc) is 1.67. The number of hydrogen-bond acceptors (Lipinski definition) is 7. The lowest BCUT2D eigenvalue weighted by molar-refractivity contribution is 0.0960. The number of carbonyl (C=O) groups is 7. The number of hydrogen-bond donors (Lipinski definition) is 0. The van der Waals surface area contributed by atoms with Crippen LogP contribution in [0.5, 0.6) is 0 Å². The lowest BCUT2D eigenvalue weighted by atomic mass is 9.94. The molecule has 20 nitrogen and oxygen atoms in total. The topological polar surface area (TPSA) is 180 Å². The van der Waals surface area contributed by atoms with Crippen LogP contribution in [0.1, 0.15) is 224 Å². The molecule has 0 bridgehead atoms. The van der Waals surface area contributed by atoms with Crippen LogP contribution in [-0.4, -0.2) is 72.5 Å². The highest BCUT2D eigenvalue weighted by Gasteiger charge is 2.28. The van der Waals surface area contributed by atoms with E-state index in [0.29, 0.717) is 168 Å². The molecule has 0 aliphatic heterocycles. The maximum Gasteiger partial charge on any atom is 0.230 e. The van der Waals surface area contributed by atoms with Gasteiger partial charge in [-0.2, -0.15) is 0 Å². The minimum Gasteiger partial charge on any atom is -0.364 e. The molecule has 0 spiro atoms. The van der Waals surface area contributed by atoms with Crippen LogP contribution in [-0.2, 0) is 72.8 Å². The first-order valence-electron chi connectivity index (χ1n) is 45.5. The molecule has 7 aromatic carbocycles. The molecule has 0 radical (unpaired) electrons. The second kappa shape index (κ2) is 56.6. The molecule has 754 valence electrons. The van der Waals surface area contributed by atoms with Crippen molar-refractivity contribution in [2.75, 3.05) is 0 Å². The SMILES string of the molecule is CCn1c(Br)ccc1C(=O)CCc1c(F)cccc1Cl.[C-]#[N+]c1cc(C(=O)CCc2c(F)cccc2Cl)n(C(C)C)c1.[C-]#[N+]c1cc(C(=O)CCc2c(F)cccc2Cl)n(C)c1.[C-]#[N+]c1ccc(C(=O)CCc2c(F)cccc2Cl)n1C.[C-]#[N+]c1ccc(C(=O)CCc2c(F)cccc2Cl)n1C(C)C.[C-]#[N+]c1ccc(C(=O)CCc2c(F)cccc2Cl)n1CC.[C-]#[N+]c1ccc(C(=O)C[C@@H](C)c2c(F)cccc2Cl)n1C. The largest absolute Gasteiger partial charge is 0.364 e. The Labute approximate surface area is 886 Å². The van der Waals surface area contributed by atoms with E-state index in [2.05, 4.69) is 45.0 Å². The Morgan fingerprint density at radius 1 is 0.315 bits per heavy atom. The lowest BCUT2D eigenvalue weighted by Gasteiger charge is -2.13. The molecule has 0 amide bonds. The zero-order valence-electron chi connectivity index (χ0n) is 80.9. The molecule has 1 atom stereocenters. The van der Waals surface area contributed by atoms with E-state index >= 15 is 0 Å². The average molecular weight is 2190 g/mol. The number of carbonyl (C=O) groups excluding carboxylic acids is 7. The summed E-state index contributed by atoms with van der Waals surface area (Å²) in [5.41, 5.74) is 6.77. The zero-order chi connectivity index (χ0) is 108. The summed E-state index contributed by atoms with van der Waals surface area (Å²) in [6.07, 6.45) is 5.87. The molecule has 14 rings (SSSR count). The van der Waals surface area contributed by atoms with Crippen LogP contribution in [0.2, 0.25) is 35.2 Å². The van der Waals surface area contributed by atoms with Crippen molar-refractivity contribution in [3.63, 3.8) is 0 Å². The van der Waals surface area contributed by atoms with E-state index < -0.39 is 34.9 Å². The molecule has 7 heterocycles. The fourth-order valence-electron chi connectivity index (χ4n) is 15.6. The first-order valence-corrected chi connectivity index (χ1v) is 48.9. The molecular formula is C111H98BrCl7F7N13O7. The summed E-state index contributed by atoms with van der Waals surface area (Å²) in [7, 11) is 5.04. The van der Waals surface area contributed by atoms with Crippen LogP contribution in [0.4, 0.5) is 65.4 Å². The van der Waals surface area contributed by atoms with Gasteiger partial charge in [-0.15, -0.1) is 0 Å². The van der Waals surface area contributed by atoms with Crippen LogP contribution in [0, 0.1) is 80.2 Å². The Kier molecular flexibility index (Phi) is 45.5. The van der Waals surface area contributed by atoms with Crippen molar-refractivity contribution in [2.45, 2.75) is 163 Å². The number of nitrogens with zero attached hydrogens (tertiary/aromatic N) is 13. The van der Waals surface area contributed by atoms with Gasteiger partial charge in [-0.3, -0.25) is 51.8 Å². The molecule has 14 aromatic rings. The summed E-state index contributed by atoms with van der Waals surface area (Å²) in [4.78, 5) is 106. The van der Waals surface area contributed by atoms with Gasteiger partial charge in [-0.1, -0.05) is 157 Å². The number of ketones is 7. The zero-order valence-corrected chi connectivity index (χ0v) is 87.8. The second-order valence-electron chi connectivity index (χ2n) is 33.3. The van der Waals surface area contributed by atoms with Crippen molar-refractivity contribution < 1.29 is 64.3 Å². The van der Waals surface area contributed by atoms with Crippen molar-refractivity contribution in [2.24, 2.45) is 21.1 Å². The molecule has 7 aromatic heterocycles. The highest BCUT2D eigenvalue weighted by atomic mass is 79.9. The lowest BCUT2D eigenvalue weighted by Crippen LogP contribution is -2.11. The van der Waals surface area contributed by atoms with Crippen molar-refractivity contribution in [3.8, 4) is 0 Å². The van der Waals surface area contributed by atoms with Gasteiger partial charge in [-0.05, 0) is 260 Å². The van der Waals surface area contributed by atoms with Gasteiger partial charge in [0.1, 0.15) is 40.7 Å². The Morgan fingerprint density at radius 2 is 0.603 bits per heavy atom. The number of halogens is 15. The van der Waals surface area contributed by atoms with E-state index in [1.54, 1.807) is 172 Å². The van der Waals surface area contributed by atoms with Gasteiger partial charge < -0.3 is 33.1 Å². The summed E-state index contributed by atoms with van der Waals surface area (Å²) in [5, 5.41) is 2.32. The van der Waals surface area contributed by atoms with Crippen LogP contribution in [0.15, 0.2) is 217 Å². The normalized spacial score (nSPS) is 10.7. The number of aromatic nitrogens is 7. The van der Waals surface area contributed by atoms with Crippen molar-refractivity contribution >= 4 is 172 Å². The van der Waals surface area contributed by atoms with E-state index in [9.17, 15) is 64.3 Å². The quantitative estimate of drug-likeness (QED) is 0.0228. The van der Waals surface area contributed by atoms with Gasteiger partial charge >= 0.3 is 0 Å². The van der Waals surface area contributed by atoms with Gasteiger partial charge in [0.05, 0.1) is 61.5 Å². The monoisotopic (exact) mass is 2180 g/mol. The van der Waals surface area contributed by atoms with E-state index in [-0.39, 0.29) is 141 Å². The molecule has 0 saturated heterocycles. The van der Waals surface area contributed by atoms with Crippen LogP contribution in [0.3, 0.4) is 0 Å². The summed E-state index contributed by atoms with van der Waals surface area (Å²) >= 11 is 45.1. The molecule has 0 N–H and O–H groups in total. The minimum atomic E-state index is -0.406. The number of rotatable bonds is 32. The molecule has 0 fully saturated rings. The fraction of sp³-hybridized carbons (Fsp3) is 0.252. The van der Waals surface area contributed by atoms with E-state index in [1.165, 1.54) is 89.5 Å². The van der Waals surface area contributed by atoms with Crippen molar-refractivity contribution in [1.29, 1.82) is 0 Å². The van der Waals surface area contributed by atoms with Gasteiger partial charge in [0.25, 0.3) is 0 Å². The molecule has 146 heavy (non-hydrogen) atoms. The summed E-state index contributed by atoms with van der Waals surface area (Å²) < 4.78 is 108. The van der Waals surface area contributed by atoms with E-state index in [4.69, 9.17) is 121 Å². The molecule has 0 aliphatic rings. The first kappa shape index (κ1) is 117. The van der Waals surface area contributed by atoms with Crippen LogP contribution >= 0.6 is 97.1 Å². The van der Waals surface area contributed by atoms with Crippen molar-refractivity contribution in [1.82, 2.24) is 32.0 Å². The standard InChI is InChI=1S/2C17H16ClFN2O.2C16H14ClFN2O.C15H14BrClFNO.2C15H12ClFN2O/c1-11(2)21-15(8-10-17(21)20-3)16(22)9-7-12-13(18)5-4-6-14(12)19;1-11(2)21-10-12(20-3)9-16(21)17(22)8-7-13-14(18)5-4-6-15(13)19;1-10(16-11(17)5-4-6-12(16)18)9-14(21)13-7-8-15(19-2)20(13)3;1-3-20-14(8-10-16(20)19-2)15(21)9-7-11-12(17)5-4-6-13(11)18;1-2-19-13(7-9-15(19)16)14(20)8-6-10-11(17)4-3-5-12(10)18;1-18-15-9-7-13(19(15)2)14(20)8-6-10-11(16)4-3-5-12(10)17;1-18-10-8-14(19(2)9-10)15(20)7-6-11-12(16)4-3-5-13(11)17/h4-6,8,10-11H,7,9H2,1-2H3;4-6,9-11H,7-8H2,1-2H3;4-8,10H,9H2,1,3H3;4-6,8,10H,3,7,9H2,1H3;3-5,7,9H,2,6,8H2,1H3;3-5,7,9H,6,8H2,2H3;3-5,8-9H,6-7H2,2H3/t;;10-;;;;/m..1..../s1. The minimum absolute atomic E-state index is 0.00935. The number of benzene rings is 7. The Morgan fingerprint density at radius 3 is 0.932 bits per heavy atom. The van der Waals surface area contributed by atoms with Gasteiger partial charge in [0, 0.05) is 151 Å². The Balaban J connectivity index is 0.000000208. The van der Waals surface area contributed by atoms with Crippen LogP contribution in [0.25, 0.3) is 29.1 Å². The molecule has 35 heteroatoms. The molecule has 0 aliphatic carbocycles. The molecule has 0 unspecified atom stereocenters. The highest BCUT2D eigenvalue weighted by Crippen LogP contribution is 2.36. The maximum atomic E-state index is 13.9. The number of Topliss-reactive ketones (excluding diaryl/α,β-unsaturated/α-hetero) is 7. The van der Waals surface area contributed by atoms with E-state index in [0.717, 1.165) is 4.60 Å². The summed E-state index contributed by atoms with van der Waals surface area (Å²) in [6.45, 7) is 56.7. The van der Waals surface area contributed by atoms with E-state index in [1.807, 2.05) is 52.2 Å². The summed E-state index contributed by atoms with van der Waals surface area (Å²) in [6, 6.07) is 51.2. The van der Waals surface area contributed by atoms with Crippen LogP contribution < -0.4 is 0 Å². The third kappa shape index (κ3) is 31.3. The smallest absolute Gasteiger partial charge is 0.230 e.